The van der Waals surface area contributed by atoms with Gasteiger partial charge in [0.2, 0.25) is 0 Å². The largest absolute Gasteiger partial charge is 0.310 e. The molecule has 0 aliphatic rings. The maximum absolute atomic E-state index is 3.49. The minimum Gasteiger partial charge on any atom is -0.310 e. The number of aryl methyl sites for hydroxylation is 2. The second kappa shape index (κ2) is 9.80. The number of benzene rings is 4. The highest BCUT2D eigenvalue weighted by Crippen LogP contribution is 2.39. The lowest BCUT2D eigenvalue weighted by molar-refractivity contribution is 1.10. The van der Waals surface area contributed by atoms with E-state index in [-0.39, 0.29) is 0 Å². The van der Waals surface area contributed by atoms with Crippen LogP contribution >= 0.6 is 15.9 Å². The standard InChI is InChI=1S/C29H26BrN/c1-3-25-9-7-8-22(2)29(25)31(27-10-5-4-6-11-27)28-20-16-24(17-21-28)13-12-23-14-18-26(30)19-15-23/h4-21H,3H2,1-2H3. The molecule has 0 saturated heterocycles. The summed E-state index contributed by atoms with van der Waals surface area (Å²) in [5.41, 5.74) is 8.60. The van der Waals surface area contributed by atoms with Crippen molar-refractivity contribution in [2.24, 2.45) is 0 Å². The van der Waals surface area contributed by atoms with Crippen molar-refractivity contribution in [3.63, 3.8) is 0 Å². The molecule has 0 bridgehead atoms. The highest BCUT2D eigenvalue weighted by atomic mass is 79.9. The SMILES string of the molecule is CCc1cccc(C)c1N(c1ccccc1)c1ccc(C=Cc2ccc(Br)cc2)cc1. The van der Waals surface area contributed by atoms with E-state index in [2.05, 4.69) is 144 Å². The summed E-state index contributed by atoms with van der Waals surface area (Å²) in [7, 11) is 0. The van der Waals surface area contributed by atoms with Crippen LogP contribution in [0.15, 0.2) is 102 Å². The molecule has 2 heteroatoms. The summed E-state index contributed by atoms with van der Waals surface area (Å²) in [6.45, 7) is 4.41. The van der Waals surface area contributed by atoms with E-state index in [4.69, 9.17) is 0 Å². The Morgan fingerprint density at radius 3 is 1.87 bits per heavy atom. The van der Waals surface area contributed by atoms with E-state index in [9.17, 15) is 0 Å². The van der Waals surface area contributed by atoms with Crippen LogP contribution < -0.4 is 4.90 Å². The van der Waals surface area contributed by atoms with Crippen LogP contribution in [0.4, 0.5) is 17.1 Å². The van der Waals surface area contributed by atoms with Crippen molar-refractivity contribution in [3.05, 3.63) is 124 Å². The summed E-state index contributed by atoms with van der Waals surface area (Å²) in [6.07, 6.45) is 5.30. The van der Waals surface area contributed by atoms with Crippen molar-refractivity contribution >= 4 is 45.1 Å². The van der Waals surface area contributed by atoms with Gasteiger partial charge in [-0.2, -0.15) is 0 Å². The summed E-state index contributed by atoms with van der Waals surface area (Å²) in [6, 6.07) is 34.3. The van der Waals surface area contributed by atoms with Gasteiger partial charge in [0, 0.05) is 15.8 Å². The van der Waals surface area contributed by atoms with Crippen LogP contribution in [0, 0.1) is 6.92 Å². The zero-order chi connectivity index (χ0) is 21.6. The quantitative estimate of drug-likeness (QED) is 0.255. The van der Waals surface area contributed by atoms with Crippen molar-refractivity contribution in [3.8, 4) is 0 Å². The Balaban J connectivity index is 1.71. The van der Waals surface area contributed by atoms with Gasteiger partial charge in [-0.3, -0.25) is 0 Å². The third kappa shape index (κ3) is 4.98. The van der Waals surface area contributed by atoms with Crippen LogP contribution in [0.2, 0.25) is 0 Å². The number of rotatable bonds is 6. The second-order valence-corrected chi connectivity index (χ2v) is 8.50. The van der Waals surface area contributed by atoms with Gasteiger partial charge in [0.15, 0.2) is 0 Å². The van der Waals surface area contributed by atoms with Crippen LogP contribution in [-0.2, 0) is 6.42 Å². The normalized spacial score (nSPS) is 11.1. The van der Waals surface area contributed by atoms with Gasteiger partial charge in [0.1, 0.15) is 0 Å². The van der Waals surface area contributed by atoms with Crippen molar-refractivity contribution in [1.29, 1.82) is 0 Å². The molecule has 0 saturated carbocycles. The summed E-state index contributed by atoms with van der Waals surface area (Å²) in [5.74, 6) is 0. The first-order chi connectivity index (χ1) is 15.2. The Morgan fingerprint density at radius 1 is 0.677 bits per heavy atom. The topological polar surface area (TPSA) is 3.24 Å². The molecule has 0 atom stereocenters. The van der Waals surface area contributed by atoms with E-state index < -0.39 is 0 Å². The highest BCUT2D eigenvalue weighted by molar-refractivity contribution is 9.10. The van der Waals surface area contributed by atoms with E-state index in [1.807, 2.05) is 0 Å². The fourth-order valence-corrected chi connectivity index (χ4v) is 4.07. The fourth-order valence-electron chi connectivity index (χ4n) is 3.81. The molecule has 1 nitrogen and oxygen atoms in total. The van der Waals surface area contributed by atoms with Crippen molar-refractivity contribution < 1.29 is 0 Å². The van der Waals surface area contributed by atoms with E-state index >= 15 is 0 Å². The molecule has 0 aliphatic heterocycles. The van der Waals surface area contributed by atoms with Gasteiger partial charge in [-0.05, 0) is 72.0 Å². The monoisotopic (exact) mass is 467 g/mol. The lowest BCUT2D eigenvalue weighted by Crippen LogP contribution is -2.13. The van der Waals surface area contributed by atoms with Gasteiger partial charge in [0.05, 0.1) is 5.69 Å². The molecule has 4 aromatic rings. The van der Waals surface area contributed by atoms with Gasteiger partial charge < -0.3 is 4.90 Å². The van der Waals surface area contributed by atoms with Gasteiger partial charge in [0.25, 0.3) is 0 Å². The molecule has 0 fully saturated rings. The Labute approximate surface area is 193 Å². The van der Waals surface area contributed by atoms with Crippen LogP contribution in [0.5, 0.6) is 0 Å². The minimum absolute atomic E-state index is 0.994. The molecule has 31 heavy (non-hydrogen) atoms. The summed E-state index contributed by atoms with van der Waals surface area (Å²) >= 11 is 3.49. The van der Waals surface area contributed by atoms with Crippen LogP contribution in [0.25, 0.3) is 12.2 Å². The molecule has 0 radical (unpaired) electrons. The van der Waals surface area contributed by atoms with Crippen molar-refractivity contribution in [1.82, 2.24) is 0 Å². The minimum atomic E-state index is 0.994. The predicted molar refractivity (Wildman–Crippen MR) is 138 cm³/mol. The molecule has 0 N–H and O–H groups in total. The van der Waals surface area contributed by atoms with Gasteiger partial charge in [-0.1, -0.05) is 95.7 Å². The highest BCUT2D eigenvalue weighted by Gasteiger charge is 2.17. The van der Waals surface area contributed by atoms with Gasteiger partial charge >= 0.3 is 0 Å². The average Bonchev–Trinajstić information content (AvgIpc) is 2.81. The Hall–Kier alpha value is -3.10. The average molecular weight is 468 g/mol. The first kappa shape index (κ1) is 21.1. The molecule has 4 rings (SSSR count). The molecular weight excluding hydrogens is 442 g/mol. The Kier molecular flexibility index (Phi) is 6.69. The molecule has 0 aromatic heterocycles. The summed E-state index contributed by atoms with van der Waals surface area (Å²) in [5, 5.41) is 0. The maximum Gasteiger partial charge on any atom is 0.0522 e. The number of para-hydroxylation sites is 2. The van der Waals surface area contributed by atoms with Gasteiger partial charge in [-0.15, -0.1) is 0 Å². The maximum atomic E-state index is 3.49. The van der Waals surface area contributed by atoms with E-state index in [0.29, 0.717) is 0 Å². The number of hydrogen-bond acceptors (Lipinski definition) is 1. The first-order valence-corrected chi connectivity index (χ1v) is 11.4. The lowest BCUT2D eigenvalue weighted by atomic mass is 10.0. The van der Waals surface area contributed by atoms with E-state index in [1.54, 1.807) is 0 Å². The van der Waals surface area contributed by atoms with Crippen LogP contribution in [-0.4, -0.2) is 0 Å². The third-order valence-corrected chi connectivity index (χ3v) is 5.96. The third-order valence-electron chi connectivity index (χ3n) is 5.43. The fraction of sp³-hybridized carbons (Fsp3) is 0.103. The molecular formula is C29H26BrN. The molecule has 0 heterocycles. The first-order valence-electron chi connectivity index (χ1n) is 10.6. The number of halogens is 1. The summed E-state index contributed by atoms with van der Waals surface area (Å²) in [4.78, 5) is 2.37. The van der Waals surface area contributed by atoms with Crippen molar-refractivity contribution in [2.45, 2.75) is 20.3 Å². The second-order valence-electron chi connectivity index (χ2n) is 7.58. The van der Waals surface area contributed by atoms with Crippen LogP contribution in [0.3, 0.4) is 0 Å². The molecule has 4 aromatic carbocycles. The van der Waals surface area contributed by atoms with Gasteiger partial charge in [-0.25, -0.2) is 0 Å². The number of hydrogen-bond donors (Lipinski definition) is 0. The molecule has 0 aliphatic carbocycles. The van der Waals surface area contributed by atoms with Crippen molar-refractivity contribution in [2.75, 3.05) is 4.90 Å². The predicted octanol–water partition coefficient (Wildman–Crippen LogP) is 8.96. The molecule has 154 valence electrons. The molecule has 0 spiro atoms. The zero-order valence-electron chi connectivity index (χ0n) is 17.9. The molecule has 0 unspecified atom stereocenters. The smallest absolute Gasteiger partial charge is 0.0522 e. The Bertz CT molecular complexity index is 1160. The number of nitrogens with zero attached hydrogens (tertiary/aromatic N) is 1. The molecule has 0 amide bonds. The number of anilines is 3. The van der Waals surface area contributed by atoms with Crippen LogP contribution in [0.1, 0.15) is 29.2 Å². The lowest BCUT2D eigenvalue weighted by Gasteiger charge is -2.29. The van der Waals surface area contributed by atoms with E-state index in [1.165, 1.54) is 33.6 Å². The summed E-state index contributed by atoms with van der Waals surface area (Å²) < 4.78 is 1.10. The zero-order valence-corrected chi connectivity index (χ0v) is 19.5. The Morgan fingerprint density at radius 2 is 1.26 bits per heavy atom. The van der Waals surface area contributed by atoms with E-state index in [0.717, 1.165) is 16.6 Å².